The van der Waals surface area contributed by atoms with Crippen LogP contribution in [0.15, 0.2) is 48.5 Å². The Morgan fingerprint density at radius 1 is 1.17 bits per heavy atom. The van der Waals surface area contributed by atoms with Crippen molar-refractivity contribution in [2.24, 2.45) is 5.41 Å². The lowest BCUT2D eigenvalue weighted by Crippen LogP contribution is -2.43. The number of nitrogens with one attached hydrogen (secondary N) is 1. The van der Waals surface area contributed by atoms with Crippen molar-refractivity contribution in [2.75, 3.05) is 40.3 Å². The van der Waals surface area contributed by atoms with Crippen molar-refractivity contribution in [3.05, 3.63) is 64.7 Å². The Kier molecular flexibility index (Phi) is 10.8. The summed E-state index contributed by atoms with van der Waals surface area (Å²) < 4.78 is 5.24. The third-order valence-corrected chi connectivity index (χ3v) is 7.62. The molecule has 0 aliphatic carbocycles. The van der Waals surface area contributed by atoms with Gasteiger partial charge in [-0.15, -0.1) is 0 Å². The van der Waals surface area contributed by atoms with E-state index >= 15 is 0 Å². The first-order valence-corrected chi connectivity index (χ1v) is 13.3. The van der Waals surface area contributed by atoms with Crippen LogP contribution in [-0.2, 0) is 16.1 Å². The van der Waals surface area contributed by atoms with Gasteiger partial charge in [0.2, 0.25) is 5.91 Å². The molecule has 0 bridgehead atoms. The summed E-state index contributed by atoms with van der Waals surface area (Å²) in [6, 6.07) is 15.8. The summed E-state index contributed by atoms with van der Waals surface area (Å²) in [7, 11) is 3.78. The molecular formula is C29H40ClN3O3. The van der Waals surface area contributed by atoms with Gasteiger partial charge < -0.3 is 24.6 Å². The van der Waals surface area contributed by atoms with Crippen LogP contribution in [-0.4, -0.2) is 62.3 Å². The van der Waals surface area contributed by atoms with E-state index in [9.17, 15) is 9.59 Å². The number of methoxy groups -OCH3 is 1. The molecule has 3 rings (SSSR count). The number of carbonyl (C=O) groups excluding carboxylic acids is 2. The van der Waals surface area contributed by atoms with Crippen LogP contribution in [0.5, 0.6) is 5.75 Å². The molecule has 196 valence electrons. The highest BCUT2D eigenvalue weighted by atomic mass is 35.5. The lowest BCUT2D eigenvalue weighted by Gasteiger charge is -2.39. The fraction of sp³-hybridized carbons (Fsp3) is 0.517. The van der Waals surface area contributed by atoms with Gasteiger partial charge in [-0.1, -0.05) is 42.8 Å². The molecule has 0 aromatic heterocycles. The van der Waals surface area contributed by atoms with Crippen LogP contribution < -0.4 is 10.1 Å². The van der Waals surface area contributed by atoms with Gasteiger partial charge in [0.25, 0.3) is 0 Å². The van der Waals surface area contributed by atoms with Crippen LogP contribution in [0.4, 0.5) is 0 Å². The van der Waals surface area contributed by atoms with Crippen LogP contribution >= 0.6 is 11.6 Å². The molecule has 1 aliphatic heterocycles. The molecule has 1 saturated heterocycles. The van der Waals surface area contributed by atoms with E-state index in [-0.39, 0.29) is 17.4 Å². The average molecular weight is 514 g/mol. The Balaban J connectivity index is 1.48. The number of amides is 1. The van der Waals surface area contributed by atoms with E-state index in [0.29, 0.717) is 11.4 Å². The van der Waals surface area contributed by atoms with Gasteiger partial charge in [-0.05, 0) is 87.8 Å². The minimum atomic E-state index is -0.253. The Hall–Kier alpha value is -2.41. The molecule has 1 heterocycles. The van der Waals surface area contributed by atoms with Gasteiger partial charge >= 0.3 is 0 Å². The van der Waals surface area contributed by atoms with Crippen LogP contribution in [0, 0.1) is 5.41 Å². The van der Waals surface area contributed by atoms with Crippen molar-refractivity contribution < 1.29 is 14.3 Å². The standard InChI is InChI=1S/C29H40ClN3O3/c1-4-28(35)31-27(24-7-9-25(30)10-8-24)13-17-33-19-15-29(22-34,16-20-33)14-18-32(2)21-23-5-11-26(36-3)12-6-23/h5-12,22,27H,4,13-21H2,1-3H3,(H,31,35). The summed E-state index contributed by atoms with van der Waals surface area (Å²) in [5.74, 6) is 0.910. The average Bonchev–Trinajstić information content (AvgIpc) is 2.91. The molecule has 36 heavy (non-hydrogen) atoms. The quantitative estimate of drug-likeness (QED) is 0.377. The molecule has 0 spiro atoms. The molecule has 7 heteroatoms. The van der Waals surface area contributed by atoms with E-state index in [4.69, 9.17) is 16.3 Å². The minimum absolute atomic E-state index is 0.0425. The summed E-state index contributed by atoms with van der Waals surface area (Å²) in [6.07, 6.45) is 5.11. The minimum Gasteiger partial charge on any atom is -0.497 e. The van der Waals surface area contributed by atoms with Crippen molar-refractivity contribution in [1.29, 1.82) is 0 Å². The second-order valence-electron chi connectivity index (χ2n) is 9.97. The lowest BCUT2D eigenvalue weighted by molar-refractivity contribution is -0.122. The number of likely N-dealkylation sites (tertiary alicyclic amines) is 1. The number of ether oxygens (including phenoxy) is 1. The largest absolute Gasteiger partial charge is 0.497 e. The Labute approximate surface area is 220 Å². The number of nitrogens with zero attached hydrogens (tertiary/aromatic N) is 2. The first-order valence-electron chi connectivity index (χ1n) is 12.9. The zero-order valence-corrected chi connectivity index (χ0v) is 22.6. The van der Waals surface area contributed by atoms with Crippen LogP contribution in [0.1, 0.15) is 56.2 Å². The summed E-state index contributed by atoms with van der Waals surface area (Å²) >= 11 is 6.05. The summed E-state index contributed by atoms with van der Waals surface area (Å²) in [4.78, 5) is 29.0. The number of piperidine rings is 1. The van der Waals surface area contributed by atoms with Crippen molar-refractivity contribution in [1.82, 2.24) is 15.1 Å². The normalized spacial score (nSPS) is 16.5. The Bertz CT molecular complexity index is 957. The first-order chi connectivity index (χ1) is 17.4. The van der Waals surface area contributed by atoms with Gasteiger partial charge in [-0.25, -0.2) is 0 Å². The highest BCUT2D eigenvalue weighted by Crippen LogP contribution is 2.34. The van der Waals surface area contributed by atoms with Crippen LogP contribution in [0.2, 0.25) is 5.02 Å². The Morgan fingerprint density at radius 3 is 2.42 bits per heavy atom. The topological polar surface area (TPSA) is 61.9 Å². The van der Waals surface area contributed by atoms with Crippen molar-refractivity contribution >= 4 is 23.8 Å². The van der Waals surface area contributed by atoms with Gasteiger partial charge in [0.05, 0.1) is 13.2 Å². The molecule has 0 saturated carbocycles. The molecule has 1 aliphatic rings. The first kappa shape index (κ1) is 28.2. The molecule has 1 fully saturated rings. The molecule has 2 aromatic rings. The molecule has 2 aromatic carbocycles. The number of carbonyl (C=O) groups is 2. The highest BCUT2D eigenvalue weighted by Gasteiger charge is 2.34. The number of hydrogen-bond donors (Lipinski definition) is 1. The molecular weight excluding hydrogens is 474 g/mol. The SMILES string of the molecule is CCC(=O)NC(CCN1CCC(C=O)(CCN(C)Cc2ccc(OC)cc2)CC1)c1ccc(Cl)cc1. The van der Waals surface area contributed by atoms with E-state index in [0.717, 1.165) is 69.7 Å². The van der Waals surface area contributed by atoms with Crippen LogP contribution in [0.25, 0.3) is 0 Å². The molecule has 1 N–H and O–H groups in total. The van der Waals surface area contributed by atoms with E-state index < -0.39 is 0 Å². The number of rotatable bonds is 13. The fourth-order valence-corrected chi connectivity index (χ4v) is 4.94. The second kappa shape index (κ2) is 13.8. The van der Waals surface area contributed by atoms with E-state index in [1.165, 1.54) is 11.8 Å². The Morgan fingerprint density at radius 2 is 1.83 bits per heavy atom. The van der Waals surface area contributed by atoms with Crippen molar-refractivity contribution in [3.8, 4) is 5.75 Å². The van der Waals surface area contributed by atoms with E-state index in [2.05, 4.69) is 34.3 Å². The number of halogens is 1. The van der Waals surface area contributed by atoms with E-state index in [1.54, 1.807) is 7.11 Å². The highest BCUT2D eigenvalue weighted by molar-refractivity contribution is 6.30. The molecule has 0 radical (unpaired) electrons. The maximum atomic E-state index is 12.2. The number of benzene rings is 2. The van der Waals surface area contributed by atoms with Gasteiger partial charge in [-0.2, -0.15) is 0 Å². The zero-order valence-electron chi connectivity index (χ0n) is 21.8. The monoisotopic (exact) mass is 513 g/mol. The molecule has 6 nitrogen and oxygen atoms in total. The predicted octanol–water partition coefficient (Wildman–Crippen LogP) is 5.11. The molecule has 1 unspecified atom stereocenters. The van der Waals surface area contributed by atoms with Gasteiger partial charge in [-0.3, -0.25) is 4.79 Å². The van der Waals surface area contributed by atoms with Crippen LogP contribution in [0.3, 0.4) is 0 Å². The van der Waals surface area contributed by atoms with Gasteiger partial charge in [0.1, 0.15) is 12.0 Å². The second-order valence-corrected chi connectivity index (χ2v) is 10.4. The predicted molar refractivity (Wildman–Crippen MR) is 145 cm³/mol. The van der Waals surface area contributed by atoms with Crippen molar-refractivity contribution in [3.63, 3.8) is 0 Å². The van der Waals surface area contributed by atoms with Crippen molar-refractivity contribution in [2.45, 2.75) is 51.6 Å². The van der Waals surface area contributed by atoms with E-state index in [1.807, 2.05) is 43.3 Å². The van der Waals surface area contributed by atoms with Gasteiger partial charge in [0, 0.05) is 29.9 Å². The third-order valence-electron chi connectivity index (χ3n) is 7.37. The third kappa shape index (κ3) is 8.32. The summed E-state index contributed by atoms with van der Waals surface area (Å²) in [6.45, 7) is 6.27. The molecule has 1 amide bonds. The molecule has 1 atom stereocenters. The maximum Gasteiger partial charge on any atom is 0.220 e. The summed E-state index contributed by atoms with van der Waals surface area (Å²) in [5.41, 5.74) is 2.05. The number of hydrogen-bond acceptors (Lipinski definition) is 5. The fourth-order valence-electron chi connectivity index (χ4n) is 4.81. The maximum absolute atomic E-state index is 12.2. The number of aldehydes is 1. The zero-order chi connectivity index (χ0) is 26.0. The summed E-state index contributed by atoms with van der Waals surface area (Å²) in [5, 5.41) is 3.84. The van der Waals surface area contributed by atoms with Gasteiger partial charge in [0.15, 0.2) is 0 Å². The smallest absolute Gasteiger partial charge is 0.220 e. The lowest BCUT2D eigenvalue weighted by atomic mass is 9.77.